The van der Waals surface area contributed by atoms with Crippen LogP contribution >= 0.6 is 0 Å². The summed E-state index contributed by atoms with van der Waals surface area (Å²) in [5, 5.41) is 10.1. The summed E-state index contributed by atoms with van der Waals surface area (Å²) in [4.78, 5) is 7.41. The molecule has 3 heteroatoms. The Morgan fingerprint density at radius 3 is 2.25 bits per heavy atom. The number of nitrogens with zero attached hydrogens (tertiary/aromatic N) is 2. The van der Waals surface area contributed by atoms with Gasteiger partial charge in [0.05, 0.1) is 24.4 Å². The summed E-state index contributed by atoms with van der Waals surface area (Å²) in [7, 11) is 0. The minimum atomic E-state index is -0.0253. The quantitative estimate of drug-likeness (QED) is 0.871. The number of hydrogen-bond acceptors (Lipinski definition) is 3. The Morgan fingerprint density at radius 1 is 1.04 bits per heavy atom. The molecular weight excluding hydrogens is 296 g/mol. The predicted octanol–water partition coefficient (Wildman–Crippen LogP) is 4.04. The van der Waals surface area contributed by atoms with Crippen LogP contribution in [0, 0.1) is 0 Å². The smallest absolute Gasteiger partial charge is 0.103 e. The summed E-state index contributed by atoms with van der Waals surface area (Å²) in [5.74, 6) is 0. The molecule has 0 saturated heterocycles. The van der Waals surface area contributed by atoms with Crippen molar-refractivity contribution in [2.75, 3.05) is 6.61 Å². The summed E-state index contributed by atoms with van der Waals surface area (Å²) in [6.07, 6.45) is 2.20. The van der Waals surface area contributed by atoms with E-state index in [-0.39, 0.29) is 24.9 Å². The van der Waals surface area contributed by atoms with Crippen LogP contribution in [0.3, 0.4) is 0 Å². The Balaban J connectivity index is 1.95. The van der Waals surface area contributed by atoms with Crippen molar-refractivity contribution in [2.45, 2.75) is 44.9 Å². The SMILES string of the molecule is CCC[C@@H]1N=C(c2ccccc2)[C@H](C)N1[C@@H](CO)c1ccccc1. The average Bonchev–Trinajstić information content (AvgIpc) is 2.95. The van der Waals surface area contributed by atoms with Gasteiger partial charge in [0.25, 0.3) is 0 Å². The van der Waals surface area contributed by atoms with E-state index < -0.39 is 0 Å². The zero-order chi connectivity index (χ0) is 16.9. The number of hydrogen-bond donors (Lipinski definition) is 1. The molecule has 0 aromatic heterocycles. The van der Waals surface area contributed by atoms with Crippen LogP contribution in [0.25, 0.3) is 0 Å². The Kier molecular flexibility index (Phi) is 5.44. The second-order valence-electron chi connectivity index (χ2n) is 6.38. The molecule has 0 spiro atoms. The van der Waals surface area contributed by atoms with Crippen LogP contribution in [-0.2, 0) is 0 Å². The Morgan fingerprint density at radius 2 is 1.67 bits per heavy atom. The monoisotopic (exact) mass is 322 g/mol. The number of aliphatic hydroxyl groups is 1. The summed E-state index contributed by atoms with van der Waals surface area (Å²) in [6, 6.07) is 20.8. The lowest BCUT2D eigenvalue weighted by Gasteiger charge is -2.35. The summed E-state index contributed by atoms with van der Waals surface area (Å²) in [6.45, 7) is 4.49. The first kappa shape index (κ1) is 16.9. The van der Waals surface area contributed by atoms with Gasteiger partial charge in [0, 0.05) is 0 Å². The Labute approximate surface area is 144 Å². The first-order valence-corrected chi connectivity index (χ1v) is 8.82. The summed E-state index contributed by atoms with van der Waals surface area (Å²) < 4.78 is 0. The third kappa shape index (κ3) is 3.28. The molecule has 0 unspecified atom stereocenters. The Hall–Kier alpha value is -1.97. The highest BCUT2D eigenvalue weighted by atomic mass is 16.3. The van der Waals surface area contributed by atoms with E-state index in [1.165, 1.54) is 5.56 Å². The van der Waals surface area contributed by atoms with Crippen LogP contribution in [0.15, 0.2) is 65.7 Å². The molecule has 0 fully saturated rings. The fourth-order valence-electron chi connectivity index (χ4n) is 3.66. The zero-order valence-corrected chi connectivity index (χ0v) is 14.5. The van der Waals surface area contributed by atoms with Gasteiger partial charge >= 0.3 is 0 Å². The molecule has 0 radical (unpaired) electrons. The normalized spacial score (nSPS) is 22.4. The van der Waals surface area contributed by atoms with Crippen LogP contribution < -0.4 is 0 Å². The molecular formula is C21H26N2O. The molecule has 1 heterocycles. The van der Waals surface area contributed by atoms with Crippen molar-refractivity contribution in [3.8, 4) is 0 Å². The molecule has 0 amide bonds. The van der Waals surface area contributed by atoms with Crippen molar-refractivity contribution in [3.05, 3.63) is 71.8 Å². The first-order valence-electron chi connectivity index (χ1n) is 8.82. The number of rotatable bonds is 6. The fourth-order valence-corrected chi connectivity index (χ4v) is 3.66. The highest BCUT2D eigenvalue weighted by molar-refractivity contribution is 6.05. The van der Waals surface area contributed by atoms with E-state index in [0.717, 1.165) is 24.1 Å². The second-order valence-corrected chi connectivity index (χ2v) is 6.38. The van der Waals surface area contributed by atoms with Gasteiger partial charge in [-0.3, -0.25) is 9.89 Å². The standard InChI is InChI=1S/C21H26N2O/c1-3-10-20-22-21(18-13-8-5-9-14-18)16(2)23(20)19(15-24)17-11-6-4-7-12-17/h4-9,11-14,16,19-20,24H,3,10,15H2,1-2H3/t16-,19-,20+/m0/s1. The molecule has 3 atom stereocenters. The van der Waals surface area contributed by atoms with E-state index in [4.69, 9.17) is 4.99 Å². The average molecular weight is 322 g/mol. The van der Waals surface area contributed by atoms with Crippen LogP contribution in [0.1, 0.15) is 43.9 Å². The van der Waals surface area contributed by atoms with Gasteiger partial charge in [-0.15, -0.1) is 0 Å². The molecule has 1 aliphatic rings. The fraction of sp³-hybridized carbons (Fsp3) is 0.381. The van der Waals surface area contributed by atoms with Crippen LogP contribution in [-0.4, -0.2) is 34.5 Å². The lowest BCUT2D eigenvalue weighted by molar-refractivity contribution is 0.0812. The maximum atomic E-state index is 10.1. The highest BCUT2D eigenvalue weighted by Crippen LogP contribution is 2.33. The molecule has 1 N–H and O–H groups in total. The predicted molar refractivity (Wildman–Crippen MR) is 99.2 cm³/mol. The van der Waals surface area contributed by atoms with Crippen molar-refractivity contribution in [1.82, 2.24) is 4.90 Å². The molecule has 2 aromatic rings. The van der Waals surface area contributed by atoms with Crippen molar-refractivity contribution in [1.29, 1.82) is 0 Å². The van der Waals surface area contributed by atoms with Crippen molar-refractivity contribution >= 4 is 5.71 Å². The Bertz CT molecular complexity index is 669. The minimum Gasteiger partial charge on any atom is -0.394 e. The summed E-state index contributed by atoms with van der Waals surface area (Å²) >= 11 is 0. The second kappa shape index (κ2) is 7.73. The molecule has 0 saturated carbocycles. The largest absolute Gasteiger partial charge is 0.394 e. The number of benzene rings is 2. The maximum absolute atomic E-state index is 10.1. The third-order valence-corrected chi connectivity index (χ3v) is 4.81. The number of aliphatic hydroxyl groups excluding tert-OH is 1. The minimum absolute atomic E-state index is 0.0253. The van der Waals surface area contributed by atoms with Gasteiger partial charge in [0.15, 0.2) is 0 Å². The van der Waals surface area contributed by atoms with Gasteiger partial charge < -0.3 is 5.11 Å². The molecule has 0 aliphatic carbocycles. The van der Waals surface area contributed by atoms with E-state index in [1.807, 2.05) is 24.3 Å². The van der Waals surface area contributed by atoms with Gasteiger partial charge in [-0.25, -0.2) is 0 Å². The van der Waals surface area contributed by atoms with Gasteiger partial charge in [-0.05, 0) is 24.5 Å². The molecule has 24 heavy (non-hydrogen) atoms. The van der Waals surface area contributed by atoms with Gasteiger partial charge in [-0.2, -0.15) is 0 Å². The number of aliphatic imine (C=N–C) groups is 1. The van der Waals surface area contributed by atoms with Crippen molar-refractivity contribution in [2.24, 2.45) is 4.99 Å². The highest BCUT2D eigenvalue weighted by Gasteiger charge is 2.38. The molecule has 2 aromatic carbocycles. The van der Waals surface area contributed by atoms with E-state index in [2.05, 4.69) is 55.1 Å². The lowest BCUT2D eigenvalue weighted by Crippen LogP contribution is -2.42. The van der Waals surface area contributed by atoms with E-state index in [0.29, 0.717) is 0 Å². The van der Waals surface area contributed by atoms with Crippen LogP contribution in [0.2, 0.25) is 0 Å². The van der Waals surface area contributed by atoms with E-state index in [1.54, 1.807) is 0 Å². The van der Waals surface area contributed by atoms with E-state index in [9.17, 15) is 5.11 Å². The molecule has 3 rings (SSSR count). The zero-order valence-electron chi connectivity index (χ0n) is 14.5. The van der Waals surface area contributed by atoms with Crippen LogP contribution in [0.4, 0.5) is 0 Å². The van der Waals surface area contributed by atoms with E-state index >= 15 is 0 Å². The maximum Gasteiger partial charge on any atom is 0.103 e. The summed E-state index contributed by atoms with van der Waals surface area (Å²) in [5.41, 5.74) is 3.46. The first-order chi connectivity index (χ1) is 11.8. The lowest BCUT2D eigenvalue weighted by atomic mass is 10.00. The van der Waals surface area contributed by atoms with Gasteiger partial charge in [0.1, 0.15) is 6.17 Å². The molecule has 0 bridgehead atoms. The van der Waals surface area contributed by atoms with Crippen molar-refractivity contribution in [3.63, 3.8) is 0 Å². The van der Waals surface area contributed by atoms with Gasteiger partial charge in [0.2, 0.25) is 0 Å². The molecule has 126 valence electrons. The van der Waals surface area contributed by atoms with Gasteiger partial charge in [-0.1, -0.05) is 74.0 Å². The topological polar surface area (TPSA) is 35.8 Å². The molecule has 1 aliphatic heterocycles. The third-order valence-electron chi connectivity index (χ3n) is 4.81. The molecule has 3 nitrogen and oxygen atoms in total. The van der Waals surface area contributed by atoms with Crippen LogP contribution in [0.5, 0.6) is 0 Å². The van der Waals surface area contributed by atoms with Crippen molar-refractivity contribution < 1.29 is 5.11 Å².